The summed E-state index contributed by atoms with van der Waals surface area (Å²) in [5, 5.41) is 0. The molecule has 1 fully saturated rings. The summed E-state index contributed by atoms with van der Waals surface area (Å²) < 4.78 is 23.1. The number of hydrogen-bond acceptors (Lipinski definition) is 2. The van der Waals surface area contributed by atoms with Gasteiger partial charge < -0.3 is 0 Å². The number of rotatable bonds is 1. The molecule has 1 atom stereocenters. The van der Waals surface area contributed by atoms with E-state index in [1.165, 1.54) is 0 Å². The summed E-state index contributed by atoms with van der Waals surface area (Å²) in [6.45, 7) is 10.5. The van der Waals surface area contributed by atoms with Crippen molar-refractivity contribution in [3.05, 3.63) is 0 Å². The van der Waals surface area contributed by atoms with Crippen LogP contribution >= 0.6 is 0 Å². The fourth-order valence-electron chi connectivity index (χ4n) is 2.37. The van der Waals surface area contributed by atoms with Crippen molar-refractivity contribution >= 4 is 9.84 Å². The highest BCUT2D eigenvalue weighted by Crippen LogP contribution is 2.51. The van der Waals surface area contributed by atoms with Gasteiger partial charge in [0, 0.05) is 0 Å². The predicted octanol–water partition coefficient (Wildman–Crippen LogP) is 2.10. The molecule has 0 amide bonds. The van der Waals surface area contributed by atoms with Crippen molar-refractivity contribution in [3.8, 4) is 0 Å². The molecule has 1 heterocycles. The summed E-state index contributed by atoms with van der Waals surface area (Å²) in [6, 6.07) is 0. The Morgan fingerprint density at radius 3 is 1.69 bits per heavy atom. The van der Waals surface area contributed by atoms with Crippen molar-refractivity contribution in [2.45, 2.75) is 34.6 Å². The summed E-state index contributed by atoms with van der Waals surface area (Å²) >= 11 is 0. The fraction of sp³-hybridized carbons (Fsp3) is 1.00. The summed E-state index contributed by atoms with van der Waals surface area (Å²) in [5.41, 5.74) is -0.147. The number of sulfone groups is 1. The standard InChI is InChI=1S/C10H20O2S/c1-8(2)10(5)7-13(11,12)6-9(10,3)4/h8H,6-7H2,1-5H3. The molecule has 13 heavy (non-hydrogen) atoms. The summed E-state index contributed by atoms with van der Waals surface area (Å²) in [7, 11) is -2.81. The van der Waals surface area contributed by atoms with E-state index in [1.807, 2.05) is 0 Å². The van der Waals surface area contributed by atoms with Crippen LogP contribution in [0.1, 0.15) is 34.6 Å². The molecule has 0 N–H and O–H groups in total. The Balaban J connectivity index is 3.15. The lowest BCUT2D eigenvalue weighted by atomic mass is 9.63. The van der Waals surface area contributed by atoms with Gasteiger partial charge in [-0.25, -0.2) is 8.42 Å². The minimum atomic E-state index is -2.81. The monoisotopic (exact) mass is 204 g/mol. The van der Waals surface area contributed by atoms with Crippen LogP contribution in [0.25, 0.3) is 0 Å². The third-order valence-electron chi connectivity index (χ3n) is 3.92. The molecule has 0 aromatic heterocycles. The Labute approximate surface area is 81.6 Å². The van der Waals surface area contributed by atoms with Crippen LogP contribution in [-0.2, 0) is 9.84 Å². The second-order valence-electron chi connectivity index (χ2n) is 5.49. The van der Waals surface area contributed by atoms with E-state index in [0.29, 0.717) is 17.4 Å². The van der Waals surface area contributed by atoms with Gasteiger partial charge in [-0.05, 0) is 16.7 Å². The van der Waals surface area contributed by atoms with E-state index < -0.39 is 9.84 Å². The van der Waals surface area contributed by atoms with Crippen molar-refractivity contribution in [2.24, 2.45) is 16.7 Å². The van der Waals surface area contributed by atoms with Crippen LogP contribution < -0.4 is 0 Å². The van der Waals surface area contributed by atoms with E-state index in [2.05, 4.69) is 34.6 Å². The van der Waals surface area contributed by atoms with Crippen molar-refractivity contribution < 1.29 is 8.42 Å². The zero-order chi connectivity index (χ0) is 10.5. The van der Waals surface area contributed by atoms with Gasteiger partial charge in [-0.2, -0.15) is 0 Å². The molecule has 1 aliphatic rings. The average Bonchev–Trinajstić information content (AvgIpc) is 1.97. The van der Waals surface area contributed by atoms with Gasteiger partial charge in [-0.15, -0.1) is 0 Å². The van der Waals surface area contributed by atoms with E-state index in [0.717, 1.165) is 0 Å². The highest BCUT2D eigenvalue weighted by molar-refractivity contribution is 7.91. The first-order valence-corrected chi connectivity index (χ1v) is 6.63. The molecule has 0 radical (unpaired) electrons. The Morgan fingerprint density at radius 2 is 1.54 bits per heavy atom. The Hall–Kier alpha value is -0.0500. The maximum atomic E-state index is 11.6. The zero-order valence-corrected chi connectivity index (χ0v) is 10.0. The largest absolute Gasteiger partial charge is 0.229 e. The molecule has 0 spiro atoms. The van der Waals surface area contributed by atoms with Gasteiger partial charge in [0.15, 0.2) is 9.84 Å². The minimum absolute atomic E-state index is 0.0637. The summed E-state index contributed by atoms with van der Waals surface area (Å²) in [5.74, 6) is 1.11. The minimum Gasteiger partial charge on any atom is -0.229 e. The van der Waals surface area contributed by atoms with Gasteiger partial charge in [0.05, 0.1) is 11.5 Å². The van der Waals surface area contributed by atoms with Crippen LogP contribution in [0.3, 0.4) is 0 Å². The quantitative estimate of drug-likeness (QED) is 0.655. The van der Waals surface area contributed by atoms with Crippen molar-refractivity contribution in [1.82, 2.24) is 0 Å². The molecule has 0 saturated carbocycles. The SMILES string of the molecule is CC(C)C1(C)CS(=O)(=O)CC1(C)C. The first kappa shape index (κ1) is 11.0. The molecule has 78 valence electrons. The maximum Gasteiger partial charge on any atom is 0.151 e. The second kappa shape index (κ2) is 2.72. The highest BCUT2D eigenvalue weighted by atomic mass is 32.2. The molecule has 1 aliphatic heterocycles. The average molecular weight is 204 g/mol. The lowest BCUT2D eigenvalue weighted by Crippen LogP contribution is -2.38. The topological polar surface area (TPSA) is 34.1 Å². The highest BCUT2D eigenvalue weighted by Gasteiger charge is 2.53. The van der Waals surface area contributed by atoms with E-state index >= 15 is 0 Å². The Kier molecular flexibility index (Phi) is 2.31. The maximum absolute atomic E-state index is 11.6. The molecule has 3 heteroatoms. The molecule has 0 bridgehead atoms. The first-order chi connectivity index (χ1) is 5.61. The van der Waals surface area contributed by atoms with E-state index in [9.17, 15) is 8.42 Å². The van der Waals surface area contributed by atoms with E-state index in [4.69, 9.17) is 0 Å². The lowest BCUT2D eigenvalue weighted by Gasteiger charge is -2.40. The molecule has 0 aromatic carbocycles. The van der Waals surface area contributed by atoms with E-state index in [1.54, 1.807) is 0 Å². The molecule has 1 rings (SSSR count). The van der Waals surface area contributed by atoms with Crippen molar-refractivity contribution in [1.29, 1.82) is 0 Å². The van der Waals surface area contributed by atoms with Gasteiger partial charge in [-0.3, -0.25) is 0 Å². The predicted molar refractivity (Wildman–Crippen MR) is 55.4 cm³/mol. The lowest BCUT2D eigenvalue weighted by molar-refractivity contribution is 0.0960. The Bertz CT molecular complexity index is 301. The molecule has 0 aromatic rings. The van der Waals surface area contributed by atoms with Crippen LogP contribution in [0.5, 0.6) is 0 Å². The van der Waals surface area contributed by atoms with Crippen molar-refractivity contribution in [3.63, 3.8) is 0 Å². The number of hydrogen-bond donors (Lipinski definition) is 0. The molecule has 1 unspecified atom stereocenters. The fourth-order valence-corrected chi connectivity index (χ4v) is 5.54. The van der Waals surface area contributed by atoms with Gasteiger partial charge >= 0.3 is 0 Å². The second-order valence-corrected chi connectivity index (χ2v) is 7.55. The summed E-state index contributed by atoms with van der Waals surface area (Å²) in [6.07, 6.45) is 0. The molecule has 0 aliphatic carbocycles. The Morgan fingerprint density at radius 1 is 1.08 bits per heavy atom. The summed E-state index contributed by atoms with van der Waals surface area (Å²) in [4.78, 5) is 0. The normalized spacial score (nSPS) is 36.8. The molecular weight excluding hydrogens is 184 g/mol. The first-order valence-electron chi connectivity index (χ1n) is 4.81. The van der Waals surface area contributed by atoms with Gasteiger partial charge in [0.1, 0.15) is 0 Å². The molecule has 2 nitrogen and oxygen atoms in total. The molecular formula is C10H20O2S. The van der Waals surface area contributed by atoms with Crippen LogP contribution in [0, 0.1) is 16.7 Å². The van der Waals surface area contributed by atoms with Gasteiger partial charge in [0.25, 0.3) is 0 Å². The van der Waals surface area contributed by atoms with Gasteiger partial charge in [0.2, 0.25) is 0 Å². The van der Waals surface area contributed by atoms with E-state index in [-0.39, 0.29) is 10.8 Å². The van der Waals surface area contributed by atoms with Gasteiger partial charge in [-0.1, -0.05) is 34.6 Å². The third kappa shape index (κ3) is 1.63. The zero-order valence-electron chi connectivity index (χ0n) is 9.22. The van der Waals surface area contributed by atoms with Crippen LogP contribution in [-0.4, -0.2) is 19.9 Å². The van der Waals surface area contributed by atoms with Crippen LogP contribution in [0.2, 0.25) is 0 Å². The molecule has 1 saturated heterocycles. The smallest absolute Gasteiger partial charge is 0.151 e. The third-order valence-corrected chi connectivity index (χ3v) is 6.12. The van der Waals surface area contributed by atoms with Crippen LogP contribution in [0.4, 0.5) is 0 Å². The van der Waals surface area contributed by atoms with Crippen molar-refractivity contribution in [2.75, 3.05) is 11.5 Å². The van der Waals surface area contributed by atoms with Crippen LogP contribution in [0.15, 0.2) is 0 Å².